The fraction of sp³-hybridized carbons (Fsp3) is 0.400. The SMILES string of the molecule is CN1C(=O)CCC(Nc2nc(Cl)ncc2Br)C1=O. The van der Waals surface area contributed by atoms with Gasteiger partial charge in [0, 0.05) is 19.7 Å². The van der Waals surface area contributed by atoms with Crippen molar-refractivity contribution in [3.8, 4) is 0 Å². The number of hydrogen-bond donors (Lipinski definition) is 1. The predicted molar refractivity (Wildman–Crippen MR) is 69.2 cm³/mol. The summed E-state index contributed by atoms with van der Waals surface area (Å²) in [5.41, 5.74) is 0. The second kappa shape index (κ2) is 5.19. The van der Waals surface area contributed by atoms with E-state index in [1.54, 1.807) is 0 Å². The maximum absolute atomic E-state index is 11.9. The van der Waals surface area contributed by atoms with Gasteiger partial charge in [-0.05, 0) is 34.0 Å². The third-order valence-electron chi connectivity index (χ3n) is 2.68. The van der Waals surface area contributed by atoms with Crippen molar-refractivity contribution in [2.75, 3.05) is 12.4 Å². The molecule has 1 atom stereocenters. The summed E-state index contributed by atoms with van der Waals surface area (Å²) in [5, 5.41) is 3.06. The first-order chi connectivity index (χ1) is 8.49. The Balaban J connectivity index is 2.16. The number of carbonyl (C=O) groups excluding carboxylic acids is 2. The second-order valence-corrected chi connectivity index (χ2v) is 5.05. The highest BCUT2D eigenvalue weighted by Gasteiger charge is 2.32. The summed E-state index contributed by atoms with van der Waals surface area (Å²) in [5.74, 6) is 0.00168. The third-order valence-corrected chi connectivity index (χ3v) is 3.44. The summed E-state index contributed by atoms with van der Waals surface area (Å²) in [7, 11) is 1.47. The number of aromatic nitrogens is 2. The molecule has 2 amide bonds. The van der Waals surface area contributed by atoms with E-state index in [0.29, 0.717) is 23.1 Å². The molecule has 96 valence electrons. The van der Waals surface area contributed by atoms with Crippen molar-refractivity contribution in [3.63, 3.8) is 0 Å². The zero-order chi connectivity index (χ0) is 13.3. The van der Waals surface area contributed by atoms with Crippen LogP contribution < -0.4 is 5.32 Å². The largest absolute Gasteiger partial charge is 0.357 e. The molecule has 0 aromatic carbocycles. The zero-order valence-corrected chi connectivity index (χ0v) is 11.8. The Morgan fingerprint density at radius 3 is 3.00 bits per heavy atom. The van der Waals surface area contributed by atoms with Gasteiger partial charge in [-0.1, -0.05) is 0 Å². The Labute approximate surface area is 117 Å². The number of halogens is 2. The summed E-state index contributed by atoms with van der Waals surface area (Å²) in [6.45, 7) is 0. The molecule has 0 spiro atoms. The van der Waals surface area contributed by atoms with Gasteiger partial charge in [0.1, 0.15) is 11.9 Å². The van der Waals surface area contributed by atoms with Crippen LogP contribution >= 0.6 is 27.5 Å². The number of nitrogens with zero attached hydrogens (tertiary/aromatic N) is 3. The fourth-order valence-corrected chi connectivity index (χ4v) is 2.10. The van der Waals surface area contributed by atoms with E-state index in [4.69, 9.17) is 11.6 Å². The lowest BCUT2D eigenvalue weighted by atomic mass is 10.0. The van der Waals surface area contributed by atoms with Gasteiger partial charge in [0.2, 0.25) is 11.2 Å². The van der Waals surface area contributed by atoms with Crippen molar-refractivity contribution >= 4 is 45.2 Å². The van der Waals surface area contributed by atoms with Gasteiger partial charge in [-0.25, -0.2) is 4.98 Å². The van der Waals surface area contributed by atoms with Crippen LogP contribution in [0.3, 0.4) is 0 Å². The van der Waals surface area contributed by atoms with Crippen LogP contribution in [0.25, 0.3) is 0 Å². The van der Waals surface area contributed by atoms with Crippen LogP contribution in [0.15, 0.2) is 10.7 Å². The van der Waals surface area contributed by atoms with Crippen LogP contribution in [0.2, 0.25) is 5.28 Å². The standard InChI is InChI=1S/C10H10BrClN4O2/c1-16-7(17)3-2-6(9(16)18)14-8-5(11)4-13-10(12)15-8/h4,6H,2-3H2,1H3,(H,13,14,15). The maximum atomic E-state index is 11.9. The van der Waals surface area contributed by atoms with Crippen LogP contribution in [0.5, 0.6) is 0 Å². The summed E-state index contributed by atoms with van der Waals surface area (Å²) >= 11 is 8.96. The number of likely N-dealkylation sites (tertiary alicyclic amines) is 1. The quantitative estimate of drug-likeness (QED) is 0.655. The molecule has 6 nitrogen and oxygen atoms in total. The molecule has 1 aromatic rings. The Hall–Kier alpha value is -1.21. The van der Waals surface area contributed by atoms with E-state index in [2.05, 4.69) is 31.2 Å². The van der Waals surface area contributed by atoms with Crippen molar-refractivity contribution in [2.24, 2.45) is 0 Å². The molecule has 1 aliphatic heterocycles. The van der Waals surface area contributed by atoms with Gasteiger partial charge in [-0.15, -0.1) is 0 Å². The molecule has 1 aromatic heterocycles. The van der Waals surface area contributed by atoms with Gasteiger partial charge < -0.3 is 5.32 Å². The summed E-state index contributed by atoms with van der Waals surface area (Å²) in [6, 6.07) is -0.477. The van der Waals surface area contributed by atoms with Crippen molar-refractivity contribution in [3.05, 3.63) is 16.0 Å². The minimum absolute atomic E-state index is 0.0911. The predicted octanol–water partition coefficient (Wildman–Crippen LogP) is 1.45. The van der Waals surface area contributed by atoms with Crippen LogP contribution in [0.4, 0.5) is 5.82 Å². The molecule has 1 fully saturated rings. The number of likely N-dealkylation sites (N-methyl/N-ethyl adjacent to an activating group) is 1. The van der Waals surface area contributed by atoms with Crippen molar-refractivity contribution in [1.82, 2.24) is 14.9 Å². The number of carbonyl (C=O) groups is 2. The van der Waals surface area contributed by atoms with E-state index >= 15 is 0 Å². The van der Waals surface area contributed by atoms with Crippen LogP contribution in [-0.4, -0.2) is 39.8 Å². The minimum atomic E-state index is -0.477. The van der Waals surface area contributed by atoms with E-state index in [1.165, 1.54) is 13.2 Å². The Morgan fingerprint density at radius 2 is 2.28 bits per heavy atom. The Kier molecular flexibility index (Phi) is 3.82. The fourth-order valence-electron chi connectivity index (χ4n) is 1.66. The van der Waals surface area contributed by atoms with Gasteiger partial charge in [0.15, 0.2) is 0 Å². The Morgan fingerprint density at radius 1 is 1.56 bits per heavy atom. The molecular weight excluding hydrogens is 323 g/mol. The highest BCUT2D eigenvalue weighted by Crippen LogP contribution is 2.23. The average Bonchev–Trinajstić information content (AvgIpc) is 2.34. The zero-order valence-electron chi connectivity index (χ0n) is 9.48. The van der Waals surface area contributed by atoms with E-state index in [0.717, 1.165) is 4.90 Å². The first-order valence-corrected chi connectivity index (χ1v) is 6.41. The number of imide groups is 1. The third kappa shape index (κ3) is 2.62. The normalized spacial score (nSPS) is 20.2. The minimum Gasteiger partial charge on any atom is -0.357 e. The highest BCUT2D eigenvalue weighted by molar-refractivity contribution is 9.10. The van der Waals surface area contributed by atoms with E-state index in [1.807, 2.05) is 0 Å². The molecular formula is C10H10BrClN4O2. The molecule has 0 radical (unpaired) electrons. The molecule has 0 bridgehead atoms. The lowest BCUT2D eigenvalue weighted by molar-refractivity contribution is -0.146. The van der Waals surface area contributed by atoms with Gasteiger partial charge in [0.05, 0.1) is 4.47 Å². The van der Waals surface area contributed by atoms with E-state index < -0.39 is 6.04 Å². The van der Waals surface area contributed by atoms with Crippen LogP contribution in [0, 0.1) is 0 Å². The molecule has 1 unspecified atom stereocenters. The van der Waals surface area contributed by atoms with Crippen LogP contribution in [-0.2, 0) is 9.59 Å². The summed E-state index contributed by atoms with van der Waals surface area (Å²) in [6.07, 6.45) is 2.27. The molecule has 8 heteroatoms. The topological polar surface area (TPSA) is 75.2 Å². The van der Waals surface area contributed by atoms with Crippen molar-refractivity contribution < 1.29 is 9.59 Å². The monoisotopic (exact) mass is 332 g/mol. The Bertz CT molecular complexity index is 511. The van der Waals surface area contributed by atoms with Gasteiger partial charge in [-0.2, -0.15) is 4.98 Å². The molecule has 1 N–H and O–H groups in total. The maximum Gasteiger partial charge on any atom is 0.251 e. The van der Waals surface area contributed by atoms with E-state index in [-0.39, 0.29) is 17.1 Å². The number of piperidine rings is 1. The summed E-state index contributed by atoms with van der Waals surface area (Å²) < 4.78 is 0.610. The van der Waals surface area contributed by atoms with Crippen molar-refractivity contribution in [2.45, 2.75) is 18.9 Å². The molecule has 1 saturated heterocycles. The molecule has 2 heterocycles. The number of amides is 2. The van der Waals surface area contributed by atoms with E-state index in [9.17, 15) is 9.59 Å². The molecule has 2 rings (SSSR count). The summed E-state index contributed by atoms with van der Waals surface area (Å²) in [4.78, 5) is 32.1. The molecule has 18 heavy (non-hydrogen) atoms. The van der Waals surface area contributed by atoms with Gasteiger partial charge in [-0.3, -0.25) is 14.5 Å². The van der Waals surface area contributed by atoms with Crippen LogP contribution in [0.1, 0.15) is 12.8 Å². The molecule has 1 aliphatic rings. The van der Waals surface area contributed by atoms with Crippen molar-refractivity contribution in [1.29, 1.82) is 0 Å². The first-order valence-electron chi connectivity index (χ1n) is 5.24. The smallest absolute Gasteiger partial charge is 0.251 e. The second-order valence-electron chi connectivity index (χ2n) is 3.86. The lowest BCUT2D eigenvalue weighted by Gasteiger charge is -2.28. The number of rotatable bonds is 2. The average molecular weight is 334 g/mol. The van der Waals surface area contributed by atoms with Gasteiger partial charge >= 0.3 is 0 Å². The number of nitrogens with one attached hydrogen (secondary N) is 1. The van der Waals surface area contributed by atoms with Gasteiger partial charge in [0.25, 0.3) is 5.91 Å². The molecule has 0 saturated carbocycles. The lowest BCUT2D eigenvalue weighted by Crippen LogP contribution is -2.48. The number of hydrogen-bond acceptors (Lipinski definition) is 5. The molecule has 0 aliphatic carbocycles. The number of anilines is 1. The first kappa shape index (κ1) is 13.2. The highest BCUT2D eigenvalue weighted by atomic mass is 79.9.